The molecule has 0 bridgehead atoms. The van der Waals surface area contributed by atoms with Crippen LogP contribution in [-0.2, 0) is 0 Å². The van der Waals surface area contributed by atoms with Crippen LogP contribution in [0.1, 0.15) is 13.8 Å². The van der Waals surface area contributed by atoms with Crippen molar-refractivity contribution in [2.45, 2.75) is 20.0 Å². The van der Waals surface area contributed by atoms with Gasteiger partial charge in [0.1, 0.15) is 23.1 Å². The minimum atomic E-state index is -0.378. The first kappa shape index (κ1) is 14.7. The Morgan fingerprint density at radius 3 is 2.30 bits per heavy atom. The minimum absolute atomic E-state index is 0.0352. The lowest BCUT2D eigenvalue weighted by Gasteiger charge is -2.13. The molecule has 0 atom stereocenters. The maximum atomic E-state index is 13.3. The van der Waals surface area contributed by atoms with E-state index in [4.69, 9.17) is 15.2 Å². The Morgan fingerprint density at radius 2 is 1.65 bits per heavy atom. The summed E-state index contributed by atoms with van der Waals surface area (Å²) in [5.41, 5.74) is 6.33. The lowest BCUT2D eigenvalue weighted by Crippen LogP contribution is -2.05. The predicted octanol–water partition coefficient (Wildman–Crippen LogP) is 4.75. The quantitative estimate of drug-likeness (QED) is 0.817. The molecule has 2 aromatic carbocycles. The number of halogens is 2. The van der Waals surface area contributed by atoms with Gasteiger partial charge < -0.3 is 15.2 Å². The van der Waals surface area contributed by atoms with Crippen LogP contribution in [-0.4, -0.2) is 6.10 Å². The second-order valence-electron chi connectivity index (χ2n) is 4.61. The largest absolute Gasteiger partial charge is 0.491 e. The first-order chi connectivity index (χ1) is 9.42. The SMILES string of the molecule is CC(C)Oc1cc(N)cc(Oc2cc(F)cc(Br)c2)c1. The average molecular weight is 340 g/mol. The lowest BCUT2D eigenvalue weighted by molar-refractivity contribution is 0.242. The Bertz CT molecular complexity index is 597. The van der Waals surface area contributed by atoms with Crippen molar-refractivity contribution in [3.8, 4) is 17.2 Å². The van der Waals surface area contributed by atoms with Gasteiger partial charge in [0, 0.05) is 34.4 Å². The summed E-state index contributed by atoms with van der Waals surface area (Å²) in [5.74, 6) is 1.12. The topological polar surface area (TPSA) is 44.5 Å². The number of rotatable bonds is 4. The zero-order valence-electron chi connectivity index (χ0n) is 11.2. The summed E-state index contributed by atoms with van der Waals surface area (Å²) in [4.78, 5) is 0. The van der Waals surface area contributed by atoms with Gasteiger partial charge in [-0.2, -0.15) is 0 Å². The van der Waals surface area contributed by atoms with E-state index in [0.717, 1.165) is 0 Å². The van der Waals surface area contributed by atoms with Gasteiger partial charge in [-0.15, -0.1) is 0 Å². The van der Waals surface area contributed by atoms with Gasteiger partial charge in [-0.05, 0) is 26.0 Å². The molecule has 0 fully saturated rings. The third-order valence-electron chi connectivity index (χ3n) is 2.35. The van der Waals surface area contributed by atoms with Gasteiger partial charge in [-0.3, -0.25) is 0 Å². The zero-order valence-corrected chi connectivity index (χ0v) is 12.8. The molecule has 0 saturated carbocycles. The van der Waals surface area contributed by atoms with E-state index in [1.165, 1.54) is 12.1 Å². The normalized spacial score (nSPS) is 10.7. The molecule has 0 unspecified atom stereocenters. The van der Waals surface area contributed by atoms with Crippen LogP contribution in [0.4, 0.5) is 10.1 Å². The number of anilines is 1. The van der Waals surface area contributed by atoms with E-state index in [-0.39, 0.29) is 11.9 Å². The summed E-state index contributed by atoms with van der Waals surface area (Å²) >= 11 is 3.22. The van der Waals surface area contributed by atoms with E-state index in [1.807, 2.05) is 13.8 Å². The third-order valence-corrected chi connectivity index (χ3v) is 2.80. The van der Waals surface area contributed by atoms with Crippen molar-refractivity contribution < 1.29 is 13.9 Å². The Morgan fingerprint density at radius 1 is 1.00 bits per heavy atom. The summed E-state index contributed by atoms with van der Waals surface area (Å²) in [7, 11) is 0. The van der Waals surface area contributed by atoms with Crippen molar-refractivity contribution in [2.75, 3.05) is 5.73 Å². The molecule has 20 heavy (non-hydrogen) atoms. The van der Waals surface area contributed by atoms with E-state index in [2.05, 4.69) is 15.9 Å². The molecule has 2 rings (SSSR count). The summed E-state index contributed by atoms with van der Waals surface area (Å²) in [5, 5.41) is 0. The number of ether oxygens (including phenoxy) is 2. The van der Waals surface area contributed by atoms with Gasteiger partial charge in [0.15, 0.2) is 0 Å². The van der Waals surface area contributed by atoms with E-state index in [1.54, 1.807) is 24.3 Å². The molecule has 0 spiro atoms. The van der Waals surface area contributed by atoms with Crippen LogP contribution in [0, 0.1) is 5.82 Å². The van der Waals surface area contributed by atoms with Crippen LogP contribution in [0.25, 0.3) is 0 Å². The van der Waals surface area contributed by atoms with Crippen LogP contribution in [0.5, 0.6) is 17.2 Å². The molecule has 0 heterocycles. The highest BCUT2D eigenvalue weighted by Gasteiger charge is 2.06. The Kier molecular flexibility index (Phi) is 4.49. The van der Waals surface area contributed by atoms with Gasteiger partial charge in [-0.1, -0.05) is 15.9 Å². The molecule has 2 aromatic rings. The highest BCUT2D eigenvalue weighted by molar-refractivity contribution is 9.10. The van der Waals surface area contributed by atoms with E-state index in [0.29, 0.717) is 27.4 Å². The highest BCUT2D eigenvalue weighted by Crippen LogP contribution is 2.30. The molecule has 0 radical (unpaired) electrons. The van der Waals surface area contributed by atoms with Crippen molar-refractivity contribution in [1.29, 1.82) is 0 Å². The standard InChI is InChI=1S/C15H15BrFNO2/c1-9(2)19-14-6-12(18)7-15(8-14)20-13-4-10(16)3-11(17)5-13/h3-9H,18H2,1-2H3. The highest BCUT2D eigenvalue weighted by atomic mass is 79.9. The van der Waals surface area contributed by atoms with Crippen LogP contribution < -0.4 is 15.2 Å². The maximum Gasteiger partial charge on any atom is 0.133 e. The van der Waals surface area contributed by atoms with Crippen LogP contribution in [0.2, 0.25) is 0 Å². The average Bonchev–Trinajstić information content (AvgIpc) is 2.24. The number of nitrogens with two attached hydrogens (primary N) is 1. The summed E-state index contributed by atoms with van der Waals surface area (Å²) in [6.07, 6.45) is 0.0352. The van der Waals surface area contributed by atoms with Crippen molar-refractivity contribution in [3.63, 3.8) is 0 Å². The van der Waals surface area contributed by atoms with Gasteiger partial charge >= 0.3 is 0 Å². The molecule has 5 heteroatoms. The molecular weight excluding hydrogens is 325 g/mol. The lowest BCUT2D eigenvalue weighted by atomic mass is 10.2. The first-order valence-corrected chi connectivity index (χ1v) is 6.93. The van der Waals surface area contributed by atoms with Crippen molar-refractivity contribution in [3.05, 3.63) is 46.7 Å². The van der Waals surface area contributed by atoms with Crippen LogP contribution in [0.3, 0.4) is 0 Å². The fourth-order valence-corrected chi connectivity index (χ4v) is 2.16. The maximum absolute atomic E-state index is 13.3. The fraction of sp³-hybridized carbons (Fsp3) is 0.200. The molecule has 0 amide bonds. The monoisotopic (exact) mass is 339 g/mol. The van der Waals surface area contributed by atoms with Crippen molar-refractivity contribution >= 4 is 21.6 Å². The summed E-state index contributed by atoms with van der Waals surface area (Å²) in [6, 6.07) is 9.43. The number of hydrogen-bond acceptors (Lipinski definition) is 3. The van der Waals surface area contributed by atoms with Crippen molar-refractivity contribution in [2.24, 2.45) is 0 Å². The Balaban J connectivity index is 2.26. The predicted molar refractivity (Wildman–Crippen MR) is 80.8 cm³/mol. The summed E-state index contributed by atoms with van der Waals surface area (Å²) in [6.45, 7) is 3.85. The molecule has 0 aromatic heterocycles. The number of hydrogen-bond donors (Lipinski definition) is 1. The molecule has 106 valence electrons. The first-order valence-electron chi connectivity index (χ1n) is 6.13. The van der Waals surface area contributed by atoms with E-state index >= 15 is 0 Å². The Hall–Kier alpha value is -1.75. The second-order valence-corrected chi connectivity index (χ2v) is 5.53. The van der Waals surface area contributed by atoms with Gasteiger partial charge in [-0.25, -0.2) is 4.39 Å². The van der Waals surface area contributed by atoms with Crippen LogP contribution in [0.15, 0.2) is 40.9 Å². The van der Waals surface area contributed by atoms with Crippen LogP contribution >= 0.6 is 15.9 Å². The van der Waals surface area contributed by atoms with Gasteiger partial charge in [0.2, 0.25) is 0 Å². The molecule has 0 saturated heterocycles. The fourth-order valence-electron chi connectivity index (χ4n) is 1.72. The van der Waals surface area contributed by atoms with Crippen molar-refractivity contribution in [1.82, 2.24) is 0 Å². The number of nitrogen functional groups attached to an aromatic ring is 1. The smallest absolute Gasteiger partial charge is 0.133 e. The molecule has 0 aliphatic rings. The van der Waals surface area contributed by atoms with E-state index < -0.39 is 0 Å². The minimum Gasteiger partial charge on any atom is -0.491 e. The van der Waals surface area contributed by atoms with Gasteiger partial charge in [0.05, 0.1) is 6.10 Å². The Labute approximate surface area is 125 Å². The molecule has 0 aliphatic carbocycles. The molecular formula is C15H15BrFNO2. The van der Waals surface area contributed by atoms with E-state index in [9.17, 15) is 4.39 Å². The molecule has 2 N–H and O–H groups in total. The summed E-state index contributed by atoms with van der Waals surface area (Å²) < 4.78 is 25.1. The molecule has 0 aliphatic heterocycles. The molecule has 3 nitrogen and oxygen atoms in total. The number of benzene rings is 2. The second kappa shape index (κ2) is 6.13. The van der Waals surface area contributed by atoms with Gasteiger partial charge in [0.25, 0.3) is 0 Å². The zero-order chi connectivity index (χ0) is 14.7. The third kappa shape index (κ3) is 4.13.